The number of carboxylic acids is 1. The summed E-state index contributed by atoms with van der Waals surface area (Å²) >= 11 is 0. The number of hydrogen-bond donors (Lipinski definition) is 2. The first kappa shape index (κ1) is 25.8. The molecule has 0 bridgehead atoms. The van der Waals surface area contributed by atoms with Crippen LogP contribution in [-0.2, 0) is 11.0 Å². The molecule has 7 nitrogen and oxygen atoms in total. The Labute approximate surface area is 190 Å². The van der Waals surface area contributed by atoms with Crippen LogP contribution in [0.5, 0.6) is 11.5 Å². The standard InChI is InChI=1S/C23H28F3N3O4/c1-5-29(28-20(27)16-6-8-17(9-7-16)23(24,25)26)12-13-32-18-10-11-19(15(2)14-18)33-22(3,4)21(30)31/h6-11,14H,5,12-13H2,1-4H3,(H2,27,28)(H,30,31). The molecule has 2 aromatic carbocycles. The minimum atomic E-state index is -4.41. The van der Waals surface area contributed by atoms with Gasteiger partial charge in [0.2, 0.25) is 0 Å². The number of alkyl halides is 3. The molecular formula is C23H28F3N3O4. The molecule has 0 amide bonds. The number of halogens is 3. The van der Waals surface area contributed by atoms with Crippen molar-refractivity contribution in [3.05, 3.63) is 59.2 Å². The molecule has 0 aliphatic rings. The molecule has 0 unspecified atom stereocenters. The summed E-state index contributed by atoms with van der Waals surface area (Å²) < 4.78 is 49.4. The summed E-state index contributed by atoms with van der Waals surface area (Å²) in [6.45, 7) is 7.77. The van der Waals surface area contributed by atoms with E-state index in [4.69, 9.17) is 15.2 Å². The Morgan fingerprint density at radius 1 is 1.15 bits per heavy atom. The molecule has 2 aromatic rings. The maximum atomic E-state index is 12.7. The molecule has 0 spiro atoms. The zero-order chi connectivity index (χ0) is 24.8. The van der Waals surface area contributed by atoms with Crippen molar-refractivity contribution < 1.29 is 32.5 Å². The predicted octanol–water partition coefficient (Wildman–Crippen LogP) is 4.28. The van der Waals surface area contributed by atoms with Gasteiger partial charge in [0.15, 0.2) is 11.4 Å². The van der Waals surface area contributed by atoms with Crippen LogP contribution >= 0.6 is 0 Å². The number of carboxylic acid groups (broad SMARTS) is 1. The number of nitrogens with zero attached hydrogens (tertiary/aromatic N) is 2. The molecule has 0 aromatic heterocycles. The fourth-order valence-electron chi connectivity index (χ4n) is 2.73. The molecule has 2 rings (SSSR count). The summed E-state index contributed by atoms with van der Waals surface area (Å²) in [7, 11) is 0. The van der Waals surface area contributed by atoms with Gasteiger partial charge < -0.3 is 20.3 Å². The summed E-state index contributed by atoms with van der Waals surface area (Å²) in [6, 6.07) is 9.55. The van der Waals surface area contributed by atoms with Gasteiger partial charge in [-0.05, 0) is 63.6 Å². The Morgan fingerprint density at radius 2 is 1.79 bits per heavy atom. The van der Waals surface area contributed by atoms with Crippen LogP contribution in [0.25, 0.3) is 0 Å². The molecule has 0 radical (unpaired) electrons. The summed E-state index contributed by atoms with van der Waals surface area (Å²) in [6.07, 6.45) is -4.41. The van der Waals surface area contributed by atoms with Crippen LogP contribution in [0.4, 0.5) is 13.2 Å². The van der Waals surface area contributed by atoms with Crippen LogP contribution in [-0.4, -0.2) is 47.2 Å². The quantitative estimate of drug-likeness (QED) is 0.308. The lowest BCUT2D eigenvalue weighted by Crippen LogP contribution is -2.38. The Hall–Kier alpha value is -3.43. The molecule has 0 saturated carbocycles. The van der Waals surface area contributed by atoms with Crippen LogP contribution in [0, 0.1) is 6.92 Å². The summed E-state index contributed by atoms with van der Waals surface area (Å²) in [5.41, 5.74) is 4.95. The Kier molecular flexibility index (Phi) is 8.18. The second-order valence-electron chi connectivity index (χ2n) is 7.80. The maximum Gasteiger partial charge on any atom is 0.416 e. The number of carbonyl (C=O) groups is 1. The fourth-order valence-corrected chi connectivity index (χ4v) is 2.73. The van der Waals surface area contributed by atoms with E-state index in [1.807, 2.05) is 6.92 Å². The van der Waals surface area contributed by atoms with E-state index < -0.39 is 23.3 Å². The molecule has 0 atom stereocenters. The van der Waals surface area contributed by atoms with Crippen LogP contribution < -0.4 is 15.2 Å². The van der Waals surface area contributed by atoms with E-state index in [2.05, 4.69) is 5.10 Å². The molecule has 3 N–H and O–H groups in total. The minimum absolute atomic E-state index is 0.101. The number of hydrogen-bond acceptors (Lipinski definition) is 5. The van der Waals surface area contributed by atoms with E-state index in [-0.39, 0.29) is 12.4 Å². The van der Waals surface area contributed by atoms with Crippen LogP contribution in [0.3, 0.4) is 0 Å². The minimum Gasteiger partial charge on any atom is -0.492 e. The molecule has 0 aliphatic heterocycles. The van der Waals surface area contributed by atoms with Crippen molar-refractivity contribution in [3.8, 4) is 11.5 Å². The van der Waals surface area contributed by atoms with Crippen LogP contribution in [0.1, 0.15) is 37.5 Å². The molecular weight excluding hydrogens is 439 g/mol. The molecule has 33 heavy (non-hydrogen) atoms. The topological polar surface area (TPSA) is 97.4 Å². The smallest absolute Gasteiger partial charge is 0.416 e. The average Bonchev–Trinajstić information content (AvgIpc) is 2.74. The Morgan fingerprint density at radius 3 is 2.30 bits per heavy atom. The fraction of sp³-hybridized carbons (Fsp3) is 0.391. The van der Waals surface area contributed by atoms with Gasteiger partial charge >= 0.3 is 12.1 Å². The van der Waals surface area contributed by atoms with E-state index in [9.17, 15) is 23.1 Å². The largest absolute Gasteiger partial charge is 0.492 e. The van der Waals surface area contributed by atoms with Crippen molar-refractivity contribution in [2.75, 3.05) is 19.7 Å². The maximum absolute atomic E-state index is 12.7. The van der Waals surface area contributed by atoms with Crippen molar-refractivity contribution in [2.45, 2.75) is 39.5 Å². The van der Waals surface area contributed by atoms with Gasteiger partial charge in [0.1, 0.15) is 18.1 Å². The van der Waals surface area contributed by atoms with Crippen molar-refractivity contribution in [1.29, 1.82) is 0 Å². The van der Waals surface area contributed by atoms with E-state index in [0.717, 1.165) is 17.7 Å². The zero-order valence-corrected chi connectivity index (χ0v) is 18.9. The Bertz CT molecular complexity index is 989. The lowest BCUT2D eigenvalue weighted by atomic mass is 10.1. The third kappa shape index (κ3) is 7.30. The van der Waals surface area contributed by atoms with Gasteiger partial charge in [-0.15, -0.1) is 0 Å². The summed E-state index contributed by atoms with van der Waals surface area (Å²) in [5, 5.41) is 15.1. The second-order valence-corrected chi connectivity index (χ2v) is 7.80. The number of nitrogens with two attached hydrogens (primary N) is 1. The van der Waals surface area contributed by atoms with Crippen LogP contribution in [0.2, 0.25) is 0 Å². The third-order valence-electron chi connectivity index (χ3n) is 4.77. The van der Waals surface area contributed by atoms with Crippen molar-refractivity contribution in [1.82, 2.24) is 5.01 Å². The number of benzene rings is 2. The van der Waals surface area contributed by atoms with Gasteiger partial charge in [-0.2, -0.15) is 18.3 Å². The number of aliphatic carboxylic acids is 1. The number of aryl methyl sites for hydroxylation is 1. The van der Waals surface area contributed by atoms with Crippen molar-refractivity contribution >= 4 is 11.8 Å². The first-order valence-electron chi connectivity index (χ1n) is 10.3. The van der Waals surface area contributed by atoms with E-state index >= 15 is 0 Å². The highest BCUT2D eigenvalue weighted by atomic mass is 19.4. The SMILES string of the molecule is CCN(CCOc1ccc(OC(C)(C)C(=O)O)c(C)c1)/N=C(\N)c1ccc(C(F)(F)F)cc1. The number of hydrazone groups is 1. The number of rotatable bonds is 10. The summed E-state index contributed by atoms with van der Waals surface area (Å²) in [4.78, 5) is 11.2. The number of likely N-dealkylation sites (N-methyl/N-ethyl adjacent to an activating group) is 1. The highest BCUT2D eigenvalue weighted by Crippen LogP contribution is 2.29. The van der Waals surface area contributed by atoms with Gasteiger partial charge in [-0.1, -0.05) is 12.1 Å². The van der Waals surface area contributed by atoms with Crippen LogP contribution in [0.15, 0.2) is 47.6 Å². The molecule has 10 heteroatoms. The zero-order valence-electron chi connectivity index (χ0n) is 18.9. The predicted molar refractivity (Wildman–Crippen MR) is 118 cm³/mol. The highest BCUT2D eigenvalue weighted by Gasteiger charge is 2.30. The molecule has 180 valence electrons. The molecule has 0 fully saturated rings. The van der Waals surface area contributed by atoms with Gasteiger partial charge in [0, 0.05) is 12.1 Å². The molecule has 0 saturated heterocycles. The lowest BCUT2D eigenvalue weighted by molar-refractivity contribution is -0.152. The van der Waals surface area contributed by atoms with Crippen molar-refractivity contribution in [3.63, 3.8) is 0 Å². The highest BCUT2D eigenvalue weighted by molar-refractivity contribution is 5.97. The van der Waals surface area contributed by atoms with Crippen molar-refractivity contribution in [2.24, 2.45) is 10.8 Å². The Balaban J connectivity index is 1.96. The number of amidine groups is 1. The number of ether oxygens (including phenoxy) is 2. The van der Waals surface area contributed by atoms with Gasteiger partial charge in [0.05, 0.1) is 12.1 Å². The molecule has 0 heterocycles. The molecule has 0 aliphatic carbocycles. The normalized spacial score (nSPS) is 12.4. The first-order valence-corrected chi connectivity index (χ1v) is 10.3. The van der Waals surface area contributed by atoms with Gasteiger partial charge in [-0.3, -0.25) is 5.01 Å². The summed E-state index contributed by atoms with van der Waals surface area (Å²) in [5.74, 6) is 0.0459. The second kappa shape index (κ2) is 10.5. The van der Waals surface area contributed by atoms with E-state index in [0.29, 0.717) is 30.2 Å². The monoisotopic (exact) mass is 467 g/mol. The van der Waals surface area contributed by atoms with E-state index in [1.54, 1.807) is 30.1 Å². The van der Waals surface area contributed by atoms with Gasteiger partial charge in [0.25, 0.3) is 0 Å². The van der Waals surface area contributed by atoms with Gasteiger partial charge in [-0.25, -0.2) is 4.79 Å². The van der Waals surface area contributed by atoms with E-state index in [1.165, 1.54) is 26.0 Å². The first-order chi connectivity index (χ1) is 15.3. The average molecular weight is 467 g/mol. The lowest BCUT2D eigenvalue weighted by Gasteiger charge is -2.23. The third-order valence-corrected chi connectivity index (χ3v) is 4.77.